The van der Waals surface area contributed by atoms with E-state index >= 15 is 0 Å². The van der Waals surface area contributed by atoms with Crippen LogP contribution in [0.1, 0.15) is 17.4 Å². The highest BCUT2D eigenvalue weighted by Gasteiger charge is 2.13. The second-order valence-electron chi connectivity index (χ2n) is 4.58. The van der Waals surface area contributed by atoms with Crippen LogP contribution in [0.3, 0.4) is 0 Å². The van der Waals surface area contributed by atoms with Crippen LogP contribution in [0.4, 0.5) is 0 Å². The smallest absolute Gasteiger partial charge is 0.141 e. The predicted octanol–water partition coefficient (Wildman–Crippen LogP) is 5.29. The number of thiophene rings is 1. The average Bonchev–Trinajstić information content (AvgIpc) is 2.73. The summed E-state index contributed by atoms with van der Waals surface area (Å²) in [6.45, 7) is 2.42. The first-order chi connectivity index (χ1) is 9.45. The van der Waals surface area contributed by atoms with Gasteiger partial charge in [0.05, 0.1) is 5.02 Å². The number of rotatable bonds is 5. The van der Waals surface area contributed by atoms with Crippen LogP contribution < -0.4 is 10.5 Å². The molecular formula is C14H14BrCl2NOS. The zero-order valence-corrected chi connectivity index (χ0v) is 14.7. The molecule has 0 radical (unpaired) electrons. The lowest BCUT2D eigenvalue weighted by molar-refractivity contribution is 0.306. The van der Waals surface area contributed by atoms with E-state index in [0.29, 0.717) is 28.8 Å². The Hall–Kier alpha value is -0.260. The van der Waals surface area contributed by atoms with Crippen LogP contribution in [0.15, 0.2) is 28.1 Å². The number of hydrogen-bond acceptors (Lipinski definition) is 3. The fourth-order valence-electron chi connectivity index (χ4n) is 1.85. The Morgan fingerprint density at radius 1 is 1.35 bits per heavy atom. The molecular weight excluding hydrogens is 381 g/mol. The Morgan fingerprint density at radius 2 is 2.10 bits per heavy atom. The van der Waals surface area contributed by atoms with Crippen molar-refractivity contribution in [2.75, 3.05) is 0 Å². The van der Waals surface area contributed by atoms with E-state index in [1.165, 1.54) is 0 Å². The molecule has 2 nitrogen and oxygen atoms in total. The van der Waals surface area contributed by atoms with Gasteiger partial charge < -0.3 is 10.5 Å². The summed E-state index contributed by atoms with van der Waals surface area (Å²) in [5.41, 5.74) is 6.80. The molecule has 0 aliphatic heterocycles. The van der Waals surface area contributed by atoms with Gasteiger partial charge in [-0.3, -0.25) is 0 Å². The van der Waals surface area contributed by atoms with Crippen LogP contribution in [0.25, 0.3) is 0 Å². The van der Waals surface area contributed by atoms with Gasteiger partial charge in [-0.1, -0.05) is 23.2 Å². The minimum absolute atomic E-state index is 0.0164. The number of hydrogen-bond donors (Lipinski definition) is 1. The second-order valence-corrected chi connectivity index (χ2v) is 7.33. The van der Waals surface area contributed by atoms with Crippen LogP contribution in [0.2, 0.25) is 10.0 Å². The summed E-state index contributed by atoms with van der Waals surface area (Å²) in [5, 5.41) is 3.13. The van der Waals surface area contributed by atoms with Crippen molar-refractivity contribution in [1.82, 2.24) is 0 Å². The van der Waals surface area contributed by atoms with Gasteiger partial charge in [-0.05, 0) is 53.0 Å². The molecule has 0 amide bonds. The molecule has 2 aromatic rings. The standard InChI is InChI=1S/C14H14BrCl2NOS/c1-8(18)2-9-3-11(16)5-13(17)14(9)19-6-12-4-10(15)7-20-12/h3-5,7-8H,2,6,18H2,1H3. The summed E-state index contributed by atoms with van der Waals surface area (Å²) < 4.78 is 6.92. The van der Waals surface area contributed by atoms with Crippen LogP contribution in [0.5, 0.6) is 5.75 Å². The van der Waals surface area contributed by atoms with Gasteiger partial charge in [0.25, 0.3) is 0 Å². The van der Waals surface area contributed by atoms with Gasteiger partial charge in [-0.15, -0.1) is 11.3 Å². The molecule has 0 aliphatic rings. The van der Waals surface area contributed by atoms with Crippen LogP contribution in [-0.4, -0.2) is 6.04 Å². The van der Waals surface area contributed by atoms with E-state index in [2.05, 4.69) is 15.9 Å². The molecule has 1 unspecified atom stereocenters. The molecule has 1 atom stereocenters. The van der Waals surface area contributed by atoms with E-state index in [1.807, 2.05) is 24.4 Å². The lowest BCUT2D eigenvalue weighted by atomic mass is 10.1. The van der Waals surface area contributed by atoms with Crippen LogP contribution in [-0.2, 0) is 13.0 Å². The van der Waals surface area contributed by atoms with Crippen molar-refractivity contribution in [3.05, 3.63) is 48.5 Å². The minimum Gasteiger partial charge on any atom is -0.486 e. The van der Waals surface area contributed by atoms with Gasteiger partial charge in [0.2, 0.25) is 0 Å². The maximum absolute atomic E-state index is 6.23. The highest BCUT2D eigenvalue weighted by atomic mass is 79.9. The van der Waals surface area contributed by atoms with E-state index in [9.17, 15) is 0 Å². The van der Waals surface area contributed by atoms with E-state index in [0.717, 1.165) is 14.9 Å². The summed E-state index contributed by atoms with van der Waals surface area (Å²) in [7, 11) is 0. The highest BCUT2D eigenvalue weighted by Crippen LogP contribution is 2.34. The zero-order valence-electron chi connectivity index (χ0n) is 10.8. The van der Waals surface area contributed by atoms with Crippen molar-refractivity contribution in [2.45, 2.75) is 26.0 Å². The topological polar surface area (TPSA) is 35.2 Å². The molecule has 2 N–H and O–H groups in total. The molecule has 0 saturated heterocycles. The van der Waals surface area contributed by atoms with Crippen molar-refractivity contribution >= 4 is 50.5 Å². The Kier molecular flexibility index (Phi) is 5.75. The maximum atomic E-state index is 6.23. The summed E-state index contributed by atoms with van der Waals surface area (Å²) in [5.74, 6) is 0.665. The van der Waals surface area contributed by atoms with Crippen LogP contribution in [0, 0.1) is 0 Å². The summed E-state index contributed by atoms with van der Waals surface area (Å²) in [4.78, 5) is 1.12. The zero-order chi connectivity index (χ0) is 14.7. The second kappa shape index (κ2) is 7.14. The average molecular weight is 395 g/mol. The Balaban J connectivity index is 2.20. The van der Waals surface area contributed by atoms with Crippen molar-refractivity contribution in [3.63, 3.8) is 0 Å². The lowest BCUT2D eigenvalue weighted by Crippen LogP contribution is -2.18. The molecule has 0 saturated carbocycles. The van der Waals surface area contributed by atoms with Gasteiger partial charge >= 0.3 is 0 Å². The number of halogens is 3. The fraction of sp³-hybridized carbons (Fsp3) is 0.286. The molecule has 20 heavy (non-hydrogen) atoms. The van der Waals surface area contributed by atoms with Gasteiger partial charge in [-0.2, -0.15) is 0 Å². The van der Waals surface area contributed by atoms with E-state index in [4.69, 9.17) is 33.7 Å². The number of nitrogens with two attached hydrogens (primary N) is 1. The minimum atomic E-state index is 0.0164. The Labute approximate surface area is 141 Å². The Bertz CT molecular complexity index is 601. The molecule has 1 heterocycles. The van der Waals surface area contributed by atoms with Gasteiger partial charge in [0.1, 0.15) is 12.4 Å². The molecule has 108 valence electrons. The molecule has 2 rings (SSSR count). The summed E-state index contributed by atoms with van der Waals surface area (Å²) >= 11 is 17.3. The lowest BCUT2D eigenvalue weighted by Gasteiger charge is -2.15. The molecule has 0 fully saturated rings. The van der Waals surface area contributed by atoms with Gasteiger partial charge in [0.15, 0.2) is 0 Å². The third-order valence-electron chi connectivity index (χ3n) is 2.61. The molecule has 1 aromatic carbocycles. The van der Waals surface area contributed by atoms with Crippen molar-refractivity contribution < 1.29 is 4.74 Å². The molecule has 1 aromatic heterocycles. The van der Waals surface area contributed by atoms with Crippen molar-refractivity contribution in [2.24, 2.45) is 5.73 Å². The third-order valence-corrected chi connectivity index (χ3v) is 4.78. The first-order valence-electron chi connectivity index (χ1n) is 6.05. The first kappa shape index (κ1) is 16.1. The van der Waals surface area contributed by atoms with Gasteiger partial charge in [-0.25, -0.2) is 0 Å². The van der Waals surface area contributed by atoms with E-state index in [1.54, 1.807) is 17.4 Å². The van der Waals surface area contributed by atoms with Gasteiger partial charge in [0, 0.05) is 25.8 Å². The quantitative estimate of drug-likeness (QED) is 0.747. The fourth-order valence-corrected chi connectivity index (χ4v) is 3.80. The number of benzene rings is 1. The monoisotopic (exact) mass is 393 g/mol. The first-order valence-corrected chi connectivity index (χ1v) is 8.47. The summed E-state index contributed by atoms with van der Waals surface area (Å²) in [6, 6.07) is 5.59. The SMILES string of the molecule is CC(N)Cc1cc(Cl)cc(Cl)c1OCc1cc(Br)cs1. The largest absolute Gasteiger partial charge is 0.486 e. The molecule has 0 bridgehead atoms. The molecule has 6 heteroatoms. The Morgan fingerprint density at radius 3 is 2.70 bits per heavy atom. The number of ether oxygens (including phenoxy) is 1. The normalized spacial score (nSPS) is 12.4. The predicted molar refractivity (Wildman–Crippen MR) is 90.2 cm³/mol. The highest BCUT2D eigenvalue weighted by molar-refractivity contribution is 9.10. The molecule has 0 spiro atoms. The van der Waals surface area contributed by atoms with E-state index in [-0.39, 0.29) is 6.04 Å². The van der Waals surface area contributed by atoms with Crippen molar-refractivity contribution in [1.29, 1.82) is 0 Å². The van der Waals surface area contributed by atoms with Crippen LogP contribution >= 0.6 is 50.5 Å². The van der Waals surface area contributed by atoms with E-state index < -0.39 is 0 Å². The maximum Gasteiger partial charge on any atom is 0.141 e. The third kappa shape index (κ3) is 4.37. The molecule has 0 aliphatic carbocycles. The van der Waals surface area contributed by atoms with Crippen molar-refractivity contribution in [3.8, 4) is 5.75 Å². The summed E-state index contributed by atoms with van der Waals surface area (Å²) in [6.07, 6.45) is 0.670.